The van der Waals surface area contributed by atoms with Crippen LogP contribution in [0.25, 0.3) is 0 Å². The van der Waals surface area contributed by atoms with Gasteiger partial charge in [-0.1, -0.05) is 25.1 Å². The molecule has 0 amide bonds. The van der Waals surface area contributed by atoms with Crippen LogP contribution < -0.4 is 10.5 Å². The molecule has 2 N–H and O–H groups in total. The van der Waals surface area contributed by atoms with Crippen molar-refractivity contribution in [2.24, 2.45) is 5.73 Å². The van der Waals surface area contributed by atoms with Crippen molar-refractivity contribution in [2.75, 3.05) is 26.7 Å². The number of hydrogen-bond donors (Lipinski definition) is 1. The molecule has 114 valence electrons. The van der Waals surface area contributed by atoms with E-state index < -0.39 is 18.8 Å². The van der Waals surface area contributed by atoms with Gasteiger partial charge in [0.25, 0.3) is 0 Å². The summed E-state index contributed by atoms with van der Waals surface area (Å²) >= 11 is 0. The van der Waals surface area contributed by atoms with Gasteiger partial charge < -0.3 is 10.5 Å². The summed E-state index contributed by atoms with van der Waals surface area (Å²) in [6.07, 6.45) is -3.57. The molecule has 1 unspecified atom stereocenters. The van der Waals surface area contributed by atoms with Crippen LogP contribution in [-0.2, 0) is 0 Å². The molecule has 6 heteroatoms. The van der Waals surface area contributed by atoms with E-state index in [4.69, 9.17) is 10.5 Å². The van der Waals surface area contributed by atoms with Gasteiger partial charge in [0.1, 0.15) is 5.75 Å². The predicted octanol–water partition coefficient (Wildman–Crippen LogP) is 2.97. The smallest absolute Gasteiger partial charge is 0.401 e. The topological polar surface area (TPSA) is 38.5 Å². The maximum absolute atomic E-state index is 12.5. The highest BCUT2D eigenvalue weighted by molar-refractivity contribution is 5.35. The van der Waals surface area contributed by atoms with E-state index in [1.165, 1.54) is 12.0 Å². The molecule has 1 aromatic carbocycles. The summed E-state index contributed by atoms with van der Waals surface area (Å²) in [5.74, 6) is 0.600. The third kappa shape index (κ3) is 5.38. The lowest BCUT2D eigenvalue weighted by Crippen LogP contribution is -2.39. The van der Waals surface area contributed by atoms with Gasteiger partial charge in [-0.25, -0.2) is 0 Å². The van der Waals surface area contributed by atoms with Crippen molar-refractivity contribution in [3.63, 3.8) is 0 Å². The van der Waals surface area contributed by atoms with E-state index in [1.54, 1.807) is 24.3 Å². The van der Waals surface area contributed by atoms with Crippen LogP contribution in [0.15, 0.2) is 24.3 Å². The molecule has 0 saturated heterocycles. The fourth-order valence-corrected chi connectivity index (χ4v) is 2.15. The third-order valence-corrected chi connectivity index (χ3v) is 2.94. The highest BCUT2D eigenvalue weighted by Crippen LogP contribution is 2.25. The summed E-state index contributed by atoms with van der Waals surface area (Å²) in [6, 6.07) is 6.62. The van der Waals surface area contributed by atoms with Crippen molar-refractivity contribution in [3.8, 4) is 5.75 Å². The van der Waals surface area contributed by atoms with Gasteiger partial charge >= 0.3 is 6.18 Å². The Bertz CT molecular complexity index is 410. The summed E-state index contributed by atoms with van der Waals surface area (Å²) < 4.78 is 42.7. The Labute approximate surface area is 117 Å². The SMILES string of the molecule is CCCN(CC(N)c1ccccc1OC)CC(F)(F)F. The number of hydrogen-bond acceptors (Lipinski definition) is 3. The van der Waals surface area contributed by atoms with Crippen LogP contribution in [0.4, 0.5) is 13.2 Å². The van der Waals surface area contributed by atoms with Crippen molar-refractivity contribution >= 4 is 0 Å². The first-order chi connectivity index (χ1) is 9.37. The van der Waals surface area contributed by atoms with Crippen LogP contribution in [0.3, 0.4) is 0 Å². The third-order valence-electron chi connectivity index (χ3n) is 2.94. The fraction of sp³-hybridized carbons (Fsp3) is 0.571. The van der Waals surface area contributed by atoms with E-state index in [0.717, 1.165) is 5.56 Å². The Hall–Kier alpha value is -1.27. The second-order valence-corrected chi connectivity index (χ2v) is 4.70. The maximum atomic E-state index is 12.5. The molecular formula is C14H21F3N2O. The number of halogens is 3. The molecule has 0 aromatic heterocycles. The van der Waals surface area contributed by atoms with Gasteiger partial charge in [0.05, 0.1) is 13.7 Å². The van der Waals surface area contributed by atoms with Crippen LogP contribution >= 0.6 is 0 Å². The van der Waals surface area contributed by atoms with E-state index in [2.05, 4.69) is 0 Å². The van der Waals surface area contributed by atoms with Crippen molar-refractivity contribution in [2.45, 2.75) is 25.6 Å². The normalized spacial score (nSPS) is 13.6. The molecule has 0 spiro atoms. The Morgan fingerprint density at radius 2 is 1.95 bits per heavy atom. The maximum Gasteiger partial charge on any atom is 0.401 e. The summed E-state index contributed by atoms with van der Waals surface area (Å²) in [5, 5.41) is 0. The molecule has 1 rings (SSSR count). The van der Waals surface area contributed by atoms with Crippen LogP contribution in [0, 0.1) is 0 Å². The number of nitrogens with two attached hydrogens (primary N) is 1. The van der Waals surface area contributed by atoms with Crippen molar-refractivity contribution in [1.29, 1.82) is 0 Å². The average molecular weight is 290 g/mol. The van der Waals surface area contributed by atoms with Gasteiger partial charge in [-0.2, -0.15) is 13.2 Å². The first-order valence-electron chi connectivity index (χ1n) is 6.55. The Balaban J connectivity index is 2.77. The van der Waals surface area contributed by atoms with Gasteiger partial charge in [0.2, 0.25) is 0 Å². The molecule has 20 heavy (non-hydrogen) atoms. The van der Waals surface area contributed by atoms with Crippen molar-refractivity contribution in [1.82, 2.24) is 4.90 Å². The lowest BCUT2D eigenvalue weighted by molar-refractivity contribution is -0.146. The summed E-state index contributed by atoms with van der Waals surface area (Å²) in [4.78, 5) is 1.33. The highest BCUT2D eigenvalue weighted by Gasteiger charge is 2.31. The first kappa shape index (κ1) is 16.8. The van der Waals surface area contributed by atoms with E-state index >= 15 is 0 Å². The molecule has 1 aromatic rings. The number of benzene rings is 1. The van der Waals surface area contributed by atoms with Crippen molar-refractivity contribution < 1.29 is 17.9 Å². The molecular weight excluding hydrogens is 269 g/mol. The lowest BCUT2D eigenvalue weighted by Gasteiger charge is -2.27. The minimum absolute atomic E-state index is 0.147. The number of ether oxygens (including phenoxy) is 1. The van der Waals surface area contributed by atoms with Gasteiger partial charge in [-0.3, -0.25) is 4.90 Å². The Morgan fingerprint density at radius 3 is 2.50 bits per heavy atom. The molecule has 0 saturated carbocycles. The zero-order chi connectivity index (χ0) is 15.2. The molecule has 1 atom stereocenters. The van der Waals surface area contributed by atoms with E-state index in [0.29, 0.717) is 18.7 Å². The Kier molecular flexibility index (Phi) is 6.29. The van der Waals surface area contributed by atoms with Crippen LogP contribution in [0.2, 0.25) is 0 Å². The molecule has 0 aliphatic rings. The summed E-state index contributed by atoms with van der Waals surface area (Å²) in [7, 11) is 1.52. The number of nitrogens with zero attached hydrogens (tertiary/aromatic N) is 1. The average Bonchev–Trinajstić information content (AvgIpc) is 2.37. The van der Waals surface area contributed by atoms with E-state index in [-0.39, 0.29) is 6.54 Å². The monoisotopic (exact) mass is 290 g/mol. The van der Waals surface area contributed by atoms with E-state index in [1.807, 2.05) is 6.92 Å². The second kappa shape index (κ2) is 7.50. The number of alkyl halides is 3. The Morgan fingerprint density at radius 1 is 1.30 bits per heavy atom. The first-order valence-corrected chi connectivity index (χ1v) is 6.55. The standard InChI is InChI=1S/C14H21F3N2O/c1-3-8-19(10-14(15,16)17)9-12(18)11-6-4-5-7-13(11)20-2/h4-7,12H,3,8-10,18H2,1-2H3. The predicted molar refractivity (Wildman–Crippen MR) is 72.7 cm³/mol. The summed E-state index contributed by atoms with van der Waals surface area (Å²) in [5.41, 5.74) is 6.75. The number of methoxy groups -OCH3 is 1. The molecule has 0 bridgehead atoms. The minimum atomic E-state index is -4.21. The molecule has 0 aliphatic heterocycles. The quantitative estimate of drug-likeness (QED) is 0.839. The van der Waals surface area contributed by atoms with Gasteiger partial charge in [0.15, 0.2) is 0 Å². The molecule has 0 radical (unpaired) electrons. The number of rotatable bonds is 7. The van der Waals surface area contributed by atoms with Crippen molar-refractivity contribution in [3.05, 3.63) is 29.8 Å². The van der Waals surface area contributed by atoms with Crippen LogP contribution in [0.1, 0.15) is 24.9 Å². The molecule has 3 nitrogen and oxygen atoms in total. The zero-order valence-corrected chi connectivity index (χ0v) is 11.8. The van der Waals surface area contributed by atoms with Gasteiger partial charge in [0, 0.05) is 18.2 Å². The largest absolute Gasteiger partial charge is 0.496 e. The van der Waals surface area contributed by atoms with Gasteiger partial charge in [-0.05, 0) is 19.0 Å². The zero-order valence-electron chi connectivity index (χ0n) is 11.8. The highest BCUT2D eigenvalue weighted by atomic mass is 19.4. The molecule has 0 fully saturated rings. The lowest BCUT2D eigenvalue weighted by atomic mass is 10.1. The number of para-hydroxylation sites is 1. The molecule has 0 heterocycles. The second-order valence-electron chi connectivity index (χ2n) is 4.70. The van der Waals surface area contributed by atoms with Gasteiger partial charge in [-0.15, -0.1) is 0 Å². The minimum Gasteiger partial charge on any atom is -0.496 e. The summed E-state index contributed by atoms with van der Waals surface area (Å²) in [6.45, 7) is 1.41. The fourth-order valence-electron chi connectivity index (χ4n) is 2.15. The van der Waals surface area contributed by atoms with E-state index in [9.17, 15) is 13.2 Å². The van der Waals surface area contributed by atoms with Crippen LogP contribution in [-0.4, -0.2) is 37.8 Å². The molecule has 0 aliphatic carbocycles. The van der Waals surface area contributed by atoms with Crippen LogP contribution in [0.5, 0.6) is 5.75 Å².